The van der Waals surface area contributed by atoms with Crippen LogP contribution in [-0.4, -0.2) is 41.5 Å². The molecule has 2 rings (SSSR count). The predicted octanol–water partition coefficient (Wildman–Crippen LogP) is 2.58. The maximum Gasteiger partial charge on any atom is 0.325 e. The highest BCUT2D eigenvalue weighted by Gasteiger charge is 2.19. The van der Waals surface area contributed by atoms with Crippen LogP contribution in [-0.2, 0) is 9.53 Å². The number of fused-ring (bicyclic) bond motifs is 1. The number of nitrogens with one attached hydrogen (secondary N) is 1. The van der Waals surface area contributed by atoms with Crippen molar-refractivity contribution in [1.82, 2.24) is 9.88 Å². The van der Waals surface area contributed by atoms with Gasteiger partial charge in [0.1, 0.15) is 6.54 Å². The molecule has 0 radical (unpaired) electrons. The van der Waals surface area contributed by atoms with Crippen LogP contribution in [0.5, 0.6) is 0 Å². The van der Waals surface area contributed by atoms with E-state index in [0.717, 1.165) is 17.3 Å². The molecular formula is C16H20N2O3. The van der Waals surface area contributed by atoms with Crippen LogP contribution in [0.25, 0.3) is 10.9 Å². The quantitative estimate of drug-likeness (QED) is 0.831. The van der Waals surface area contributed by atoms with Gasteiger partial charge in [-0.25, -0.2) is 0 Å². The van der Waals surface area contributed by atoms with Crippen LogP contribution in [0.1, 0.15) is 30.6 Å². The SMILES string of the molecule is CCCN(CC(=O)OCC)C(=O)c1ccc2cc[nH]c2c1. The lowest BCUT2D eigenvalue weighted by molar-refractivity contribution is -0.143. The fourth-order valence-electron chi connectivity index (χ4n) is 2.25. The van der Waals surface area contributed by atoms with E-state index in [2.05, 4.69) is 4.98 Å². The molecular weight excluding hydrogens is 268 g/mol. The van der Waals surface area contributed by atoms with Crippen molar-refractivity contribution in [2.75, 3.05) is 19.7 Å². The second-order valence-corrected chi connectivity index (χ2v) is 4.81. The molecule has 0 bridgehead atoms. The summed E-state index contributed by atoms with van der Waals surface area (Å²) in [6.07, 6.45) is 2.62. The van der Waals surface area contributed by atoms with E-state index >= 15 is 0 Å². The number of esters is 1. The zero-order chi connectivity index (χ0) is 15.2. The van der Waals surface area contributed by atoms with Gasteiger partial charge in [0.2, 0.25) is 0 Å². The van der Waals surface area contributed by atoms with Crippen molar-refractivity contribution in [3.8, 4) is 0 Å². The summed E-state index contributed by atoms with van der Waals surface area (Å²) in [5.74, 6) is -0.526. The molecule has 2 aromatic rings. The summed E-state index contributed by atoms with van der Waals surface area (Å²) in [5.41, 5.74) is 1.48. The molecule has 0 atom stereocenters. The highest BCUT2D eigenvalue weighted by molar-refractivity contribution is 5.99. The highest BCUT2D eigenvalue weighted by Crippen LogP contribution is 2.16. The number of benzene rings is 1. The molecule has 1 heterocycles. The molecule has 1 aromatic carbocycles. The third-order valence-corrected chi connectivity index (χ3v) is 3.21. The number of H-pyrrole nitrogens is 1. The second-order valence-electron chi connectivity index (χ2n) is 4.81. The van der Waals surface area contributed by atoms with Gasteiger partial charge in [-0.05, 0) is 36.9 Å². The number of carbonyl (C=O) groups excluding carboxylic acids is 2. The van der Waals surface area contributed by atoms with Gasteiger partial charge < -0.3 is 14.6 Å². The fourth-order valence-corrected chi connectivity index (χ4v) is 2.25. The Balaban J connectivity index is 2.18. The number of ether oxygens (including phenoxy) is 1. The van der Waals surface area contributed by atoms with Crippen molar-refractivity contribution in [2.24, 2.45) is 0 Å². The predicted molar refractivity (Wildman–Crippen MR) is 81.1 cm³/mol. The lowest BCUT2D eigenvalue weighted by atomic mass is 10.1. The molecule has 21 heavy (non-hydrogen) atoms. The van der Waals surface area contributed by atoms with E-state index in [1.807, 2.05) is 31.3 Å². The Morgan fingerprint density at radius 3 is 2.76 bits per heavy atom. The first-order valence-electron chi connectivity index (χ1n) is 7.17. The Hall–Kier alpha value is -2.30. The summed E-state index contributed by atoms with van der Waals surface area (Å²) in [6, 6.07) is 7.44. The van der Waals surface area contributed by atoms with Crippen LogP contribution in [0.2, 0.25) is 0 Å². The number of nitrogens with zero attached hydrogens (tertiary/aromatic N) is 1. The molecule has 0 aliphatic rings. The van der Waals surface area contributed by atoms with E-state index in [-0.39, 0.29) is 18.4 Å². The van der Waals surface area contributed by atoms with E-state index < -0.39 is 0 Å². The topological polar surface area (TPSA) is 62.4 Å². The normalized spacial score (nSPS) is 10.6. The number of hydrogen-bond acceptors (Lipinski definition) is 3. The number of aromatic nitrogens is 1. The average molecular weight is 288 g/mol. The lowest BCUT2D eigenvalue weighted by Gasteiger charge is -2.21. The molecule has 0 fully saturated rings. The number of carbonyl (C=O) groups is 2. The first-order valence-corrected chi connectivity index (χ1v) is 7.17. The third kappa shape index (κ3) is 3.62. The summed E-state index contributed by atoms with van der Waals surface area (Å²) in [5, 5.41) is 1.05. The highest BCUT2D eigenvalue weighted by atomic mass is 16.5. The van der Waals surface area contributed by atoms with E-state index in [4.69, 9.17) is 4.74 Å². The van der Waals surface area contributed by atoms with Gasteiger partial charge in [0, 0.05) is 23.8 Å². The van der Waals surface area contributed by atoms with Crippen LogP contribution >= 0.6 is 0 Å². The minimum atomic E-state index is -0.375. The molecule has 0 aliphatic carbocycles. The van der Waals surface area contributed by atoms with E-state index in [1.165, 1.54) is 4.90 Å². The van der Waals surface area contributed by atoms with Gasteiger partial charge in [-0.3, -0.25) is 9.59 Å². The van der Waals surface area contributed by atoms with E-state index in [9.17, 15) is 9.59 Å². The van der Waals surface area contributed by atoms with Crippen LogP contribution in [0.4, 0.5) is 0 Å². The fraction of sp³-hybridized carbons (Fsp3) is 0.375. The zero-order valence-electron chi connectivity index (χ0n) is 12.4. The van der Waals surface area contributed by atoms with Gasteiger partial charge in [0.15, 0.2) is 0 Å². The molecule has 0 saturated heterocycles. The molecule has 1 aromatic heterocycles. The zero-order valence-corrected chi connectivity index (χ0v) is 12.4. The molecule has 5 nitrogen and oxygen atoms in total. The van der Waals surface area contributed by atoms with Gasteiger partial charge in [0.25, 0.3) is 5.91 Å². The van der Waals surface area contributed by atoms with Gasteiger partial charge in [-0.15, -0.1) is 0 Å². The minimum Gasteiger partial charge on any atom is -0.465 e. The maximum atomic E-state index is 12.5. The van der Waals surface area contributed by atoms with Crippen molar-refractivity contribution in [1.29, 1.82) is 0 Å². The van der Waals surface area contributed by atoms with Gasteiger partial charge in [0.05, 0.1) is 6.61 Å². The monoisotopic (exact) mass is 288 g/mol. The Kier molecular flexibility index (Phi) is 4.98. The van der Waals surface area contributed by atoms with E-state index in [1.54, 1.807) is 13.0 Å². The standard InChI is InChI=1S/C16H20N2O3/c1-3-9-18(11-15(19)21-4-2)16(20)13-6-5-12-7-8-17-14(12)10-13/h5-8,10,17H,3-4,9,11H2,1-2H3. The molecule has 1 N–H and O–H groups in total. The average Bonchev–Trinajstić information content (AvgIpc) is 2.93. The third-order valence-electron chi connectivity index (χ3n) is 3.21. The van der Waals surface area contributed by atoms with Gasteiger partial charge >= 0.3 is 5.97 Å². The first kappa shape index (κ1) is 15.1. The largest absolute Gasteiger partial charge is 0.465 e. The van der Waals surface area contributed by atoms with E-state index in [0.29, 0.717) is 18.7 Å². The molecule has 0 saturated carbocycles. The second kappa shape index (κ2) is 6.92. The smallest absolute Gasteiger partial charge is 0.325 e. The Morgan fingerprint density at radius 1 is 1.24 bits per heavy atom. The summed E-state index contributed by atoms with van der Waals surface area (Å²) in [6.45, 7) is 4.56. The van der Waals surface area contributed by atoms with Crippen molar-refractivity contribution < 1.29 is 14.3 Å². The molecule has 0 unspecified atom stereocenters. The van der Waals surface area contributed by atoms with Crippen LogP contribution in [0, 0.1) is 0 Å². The summed E-state index contributed by atoms with van der Waals surface area (Å²) in [4.78, 5) is 28.8. The van der Waals surface area contributed by atoms with Gasteiger partial charge in [-0.1, -0.05) is 13.0 Å². The summed E-state index contributed by atoms with van der Waals surface area (Å²) >= 11 is 0. The van der Waals surface area contributed by atoms with Crippen molar-refractivity contribution in [2.45, 2.75) is 20.3 Å². The van der Waals surface area contributed by atoms with Crippen molar-refractivity contribution in [3.05, 3.63) is 36.0 Å². The molecule has 5 heteroatoms. The Bertz CT molecular complexity index is 633. The molecule has 0 aliphatic heterocycles. The molecule has 112 valence electrons. The van der Waals surface area contributed by atoms with Crippen LogP contribution < -0.4 is 0 Å². The lowest BCUT2D eigenvalue weighted by Crippen LogP contribution is -2.37. The number of hydrogen-bond donors (Lipinski definition) is 1. The number of amides is 1. The minimum absolute atomic E-state index is 0.0106. The van der Waals surface area contributed by atoms with Crippen LogP contribution in [0.15, 0.2) is 30.5 Å². The number of aromatic amines is 1. The van der Waals surface area contributed by atoms with Crippen molar-refractivity contribution >= 4 is 22.8 Å². The Morgan fingerprint density at radius 2 is 2.05 bits per heavy atom. The molecule has 1 amide bonds. The van der Waals surface area contributed by atoms with Gasteiger partial charge in [-0.2, -0.15) is 0 Å². The van der Waals surface area contributed by atoms with Crippen LogP contribution in [0.3, 0.4) is 0 Å². The summed E-state index contributed by atoms with van der Waals surface area (Å²) in [7, 11) is 0. The molecule has 0 spiro atoms. The Labute approximate surface area is 123 Å². The number of rotatable bonds is 6. The maximum absolute atomic E-state index is 12.5. The first-order chi connectivity index (χ1) is 10.2. The summed E-state index contributed by atoms with van der Waals surface area (Å²) < 4.78 is 4.92. The van der Waals surface area contributed by atoms with Crippen molar-refractivity contribution in [3.63, 3.8) is 0 Å².